The van der Waals surface area contributed by atoms with Crippen molar-refractivity contribution in [2.24, 2.45) is 0 Å². The molecule has 2 aliphatic rings. The van der Waals surface area contributed by atoms with Gasteiger partial charge in [0.2, 0.25) is 0 Å². The van der Waals surface area contributed by atoms with Crippen LogP contribution in [0.3, 0.4) is 0 Å². The van der Waals surface area contributed by atoms with Crippen molar-refractivity contribution in [3.63, 3.8) is 0 Å². The largest absolute Gasteiger partial charge is 0.445 e. The second-order valence-corrected chi connectivity index (χ2v) is 10.1. The van der Waals surface area contributed by atoms with Crippen LogP contribution >= 0.6 is 0 Å². The average molecular weight is 462 g/mol. The minimum Gasteiger partial charge on any atom is -0.445 e. The molecule has 3 heterocycles. The highest BCUT2D eigenvalue weighted by atomic mass is 16.6. The molecule has 0 saturated carbocycles. The first-order chi connectivity index (χ1) is 16.3. The molecule has 2 saturated heterocycles. The van der Waals surface area contributed by atoms with Crippen LogP contribution in [0.15, 0.2) is 60.8 Å². The number of H-pyrrole nitrogens is 1. The van der Waals surface area contributed by atoms with Gasteiger partial charge in [-0.3, -0.25) is 0 Å². The number of ether oxygens (including phenoxy) is 2. The van der Waals surface area contributed by atoms with E-state index in [2.05, 4.69) is 11.1 Å². The number of rotatable bonds is 3. The van der Waals surface area contributed by atoms with Crippen molar-refractivity contribution in [1.29, 1.82) is 0 Å². The van der Waals surface area contributed by atoms with Gasteiger partial charge in [0.15, 0.2) is 0 Å². The molecule has 2 amide bonds. The Morgan fingerprint density at radius 2 is 1.74 bits per heavy atom. The number of likely N-dealkylation sites (tertiary alicyclic amines) is 2. The number of carbonyl (C=O) groups is 2. The van der Waals surface area contributed by atoms with E-state index in [1.807, 2.05) is 85.3 Å². The second kappa shape index (κ2) is 8.70. The molecule has 0 unspecified atom stereocenters. The molecule has 2 fully saturated rings. The quantitative estimate of drug-likeness (QED) is 0.576. The van der Waals surface area contributed by atoms with Gasteiger partial charge < -0.3 is 24.3 Å². The third kappa shape index (κ3) is 4.22. The van der Waals surface area contributed by atoms with Gasteiger partial charge in [-0.25, -0.2) is 9.59 Å². The van der Waals surface area contributed by atoms with Crippen molar-refractivity contribution in [3.8, 4) is 0 Å². The molecule has 2 aliphatic heterocycles. The van der Waals surface area contributed by atoms with E-state index in [0.717, 1.165) is 22.0 Å². The van der Waals surface area contributed by atoms with Crippen LogP contribution in [0.5, 0.6) is 0 Å². The van der Waals surface area contributed by atoms with Gasteiger partial charge in [0, 0.05) is 36.1 Å². The van der Waals surface area contributed by atoms with Crippen LogP contribution in [0, 0.1) is 0 Å². The Morgan fingerprint density at radius 1 is 1.00 bits per heavy atom. The summed E-state index contributed by atoms with van der Waals surface area (Å²) in [6, 6.07) is 17.5. The highest BCUT2D eigenvalue weighted by Gasteiger charge is 2.53. The Kier molecular flexibility index (Phi) is 5.71. The summed E-state index contributed by atoms with van der Waals surface area (Å²) in [5, 5.41) is 1.11. The minimum atomic E-state index is -0.585. The molecule has 178 valence electrons. The van der Waals surface area contributed by atoms with E-state index in [0.29, 0.717) is 19.5 Å². The Balaban J connectivity index is 1.43. The van der Waals surface area contributed by atoms with E-state index in [1.165, 1.54) is 0 Å². The average Bonchev–Trinajstić information content (AvgIpc) is 3.51. The van der Waals surface area contributed by atoms with Gasteiger partial charge in [0.1, 0.15) is 12.2 Å². The predicted molar refractivity (Wildman–Crippen MR) is 130 cm³/mol. The molecule has 1 aromatic heterocycles. The van der Waals surface area contributed by atoms with Crippen molar-refractivity contribution >= 4 is 23.1 Å². The Hall–Kier alpha value is -3.48. The number of amides is 2. The summed E-state index contributed by atoms with van der Waals surface area (Å²) in [5.41, 5.74) is 2.51. The lowest BCUT2D eigenvalue weighted by molar-refractivity contribution is 0.0209. The first-order valence-corrected chi connectivity index (χ1v) is 11.8. The molecule has 2 aromatic carbocycles. The van der Waals surface area contributed by atoms with E-state index >= 15 is 0 Å². The molecule has 7 nitrogen and oxygen atoms in total. The molecule has 3 aromatic rings. The van der Waals surface area contributed by atoms with E-state index < -0.39 is 5.60 Å². The van der Waals surface area contributed by atoms with Gasteiger partial charge in [0.25, 0.3) is 0 Å². The molecule has 0 bridgehead atoms. The lowest BCUT2D eigenvalue weighted by Gasteiger charge is -2.31. The molecule has 3 atom stereocenters. The third-order valence-corrected chi connectivity index (χ3v) is 6.71. The zero-order chi connectivity index (χ0) is 23.9. The zero-order valence-corrected chi connectivity index (χ0v) is 19.9. The Bertz CT molecular complexity index is 1180. The summed E-state index contributed by atoms with van der Waals surface area (Å²) in [6.45, 7) is 6.88. The van der Waals surface area contributed by atoms with Gasteiger partial charge in [-0.05, 0) is 44.4 Å². The number of nitrogens with one attached hydrogen (secondary N) is 1. The molecular weight excluding hydrogens is 430 g/mol. The number of aromatic amines is 1. The van der Waals surface area contributed by atoms with Crippen molar-refractivity contribution in [2.75, 3.05) is 13.1 Å². The molecular formula is C27H31N3O4. The molecule has 5 rings (SSSR count). The summed E-state index contributed by atoms with van der Waals surface area (Å²) in [7, 11) is 0. The summed E-state index contributed by atoms with van der Waals surface area (Å²) < 4.78 is 11.4. The smallest absolute Gasteiger partial charge is 0.410 e. The van der Waals surface area contributed by atoms with Crippen LogP contribution in [0.25, 0.3) is 10.9 Å². The van der Waals surface area contributed by atoms with Crippen LogP contribution in [0.1, 0.15) is 44.2 Å². The number of hydrogen-bond acceptors (Lipinski definition) is 4. The number of aromatic nitrogens is 1. The Morgan fingerprint density at radius 3 is 2.50 bits per heavy atom. The molecule has 0 spiro atoms. The van der Waals surface area contributed by atoms with Crippen LogP contribution in [0.4, 0.5) is 9.59 Å². The summed E-state index contributed by atoms with van der Waals surface area (Å²) in [5.74, 6) is -0.0413. The van der Waals surface area contributed by atoms with Crippen molar-refractivity contribution < 1.29 is 19.1 Å². The maximum absolute atomic E-state index is 13.2. The van der Waals surface area contributed by atoms with Crippen LogP contribution < -0.4 is 0 Å². The lowest BCUT2D eigenvalue weighted by atomic mass is 9.91. The van der Waals surface area contributed by atoms with Gasteiger partial charge in [-0.1, -0.05) is 48.5 Å². The molecule has 1 N–H and O–H groups in total. The molecule has 34 heavy (non-hydrogen) atoms. The first kappa shape index (κ1) is 22.3. The number of para-hydroxylation sites is 1. The van der Waals surface area contributed by atoms with E-state index in [1.54, 1.807) is 0 Å². The molecule has 0 aliphatic carbocycles. The van der Waals surface area contributed by atoms with Crippen LogP contribution in [-0.4, -0.2) is 57.7 Å². The standard InChI is InChI=1S/C27H31N3O4/c1-27(2,3)34-26(32)29-14-13-23-24(29)21(20-15-28-22-12-8-7-11-19(20)22)16-30(23)25(31)33-17-18-9-5-4-6-10-18/h4-12,15,21,23-24,28H,13-14,16-17H2,1-3H3/t21-,23+,24+/m0/s1. The third-order valence-electron chi connectivity index (χ3n) is 6.71. The highest BCUT2D eigenvalue weighted by molar-refractivity contribution is 5.84. The van der Waals surface area contributed by atoms with Crippen molar-refractivity contribution in [1.82, 2.24) is 14.8 Å². The molecule has 7 heteroatoms. The fourth-order valence-corrected chi connectivity index (χ4v) is 5.31. The predicted octanol–water partition coefficient (Wildman–Crippen LogP) is 5.28. The minimum absolute atomic E-state index is 0.0413. The normalized spacial score (nSPS) is 22.1. The van der Waals surface area contributed by atoms with Crippen LogP contribution in [0.2, 0.25) is 0 Å². The van der Waals surface area contributed by atoms with Crippen LogP contribution in [-0.2, 0) is 16.1 Å². The van der Waals surface area contributed by atoms with Crippen molar-refractivity contribution in [3.05, 3.63) is 71.9 Å². The lowest BCUT2D eigenvalue weighted by Crippen LogP contribution is -2.44. The van der Waals surface area contributed by atoms with Gasteiger partial charge in [-0.2, -0.15) is 0 Å². The van der Waals surface area contributed by atoms with Gasteiger partial charge >= 0.3 is 12.2 Å². The maximum Gasteiger partial charge on any atom is 0.410 e. The Labute approximate surface area is 199 Å². The van der Waals surface area contributed by atoms with Gasteiger partial charge in [-0.15, -0.1) is 0 Å². The monoisotopic (exact) mass is 461 g/mol. The molecule has 0 radical (unpaired) electrons. The number of fused-ring (bicyclic) bond motifs is 2. The number of carbonyl (C=O) groups excluding carboxylic acids is 2. The highest BCUT2D eigenvalue weighted by Crippen LogP contribution is 2.43. The first-order valence-electron chi connectivity index (χ1n) is 11.8. The summed E-state index contributed by atoms with van der Waals surface area (Å²) >= 11 is 0. The van der Waals surface area contributed by atoms with Crippen molar-refractivity contribution in [2.45, 2.75) is 57.4 Å². The topological polar surface area (TPSA) is 74.9 Å². The van der Waals surface area contributed by atoms with E-state index in [4.69, 9.17) is 9.47 Å². The number of benzene rings is 2. The fraction of sp³-hybridized carbons (Fsp3) is 0.407. The SMILES string of the molecule is CC(C)(C)OC(=O)N1CC[C@@H]2[C@H]1[C@H](c1c[nH]c3ccccc13)CN2C(=O)OCc1ccccc1. The summed E-state index contributed by atoms with van der Waals surface area (Å²) in [6.07, 6.45) is 2.04. The van der Waals surface area contributed by atoms with Gasteiger partial charge in [0.05, 0.1) is 12.1 Å². The van der Waals surface area contributed by atoms with E-state index in [-0.39, 0.29) is 36.8 Å². The summed E-state index contributed by atoms with van der Waals surface area (Å²) in [4.78, 5) is 33.3. The second-order valence-electron chi connectivity index (χ2n) is 10.1. The maximum atomic E-state index is 13.2. The fourth-order valence-electron chi connectivity index (χ4n) is 5.31. The number of nitrogens with zero attached hydrogens (tertiary/aromatic N) is 2. The van der Waals surface area contributed by atoms with E-state index in [9.17, 15) is 9.59 Å². The zero-order valence-electron chi connectivity index (χ0n) is 19.9. The number of hydrogen-bond donors (Lipinski definition) is 1.